The molecule has 0 atom stereocenters. The third-order valence-electron chi connectivity index (χ3n) is 3.63. The Hall–Kier alpha value is -1.78. The van der Waals surface area contributed by atoms with Crippen LogP contribution in [0.15, 0.2) is 30.3 Å². The summed E-state index contributed by atoms with van der Waals surface area (Å²) in [6.07, 6.45) is 0.974. The molecule has 2 aromatic rings. The Balaban J connectivity index is 2.26. The van der Waals surface area contributed by atoms with Crippen LogP contribution in [0.5, 0.6) is 11.5 Å². The van der Waals surface area contributed by atoms with Crippen LogP contribution in [0.2, 0.25) is 0 Å². The number of hydrogen-bond donors (Lipinski definition) is 1. The molecule has 0 heterocycles. The highest BCUT2D eigenvalue weighted by Gasteiger charge is 2.10. The predicted molar refractivity (Wildman–Crippen MR) is 85.0 cm³/mol. The second-order valence-corrected chi connectivity index (χ2v) is 5.23. The molecule has 0 unspecified atom stereocenters. The van der Waals surface area contributed by atoms with Crippen molar-refractivity contribution >= 4 is 10.8 Å². The summed E-state index contributed by atoms with van der Waals surface area (Å²) in [5.41, 5.74) is 0.936. The van der Waals surface area contributed by atoms with Gasteiger partial charge in [0, 0.05) is 32.4 Å². The normalized spacial score (nSPS) is 11.2. The van der Waals surface area contributed by atoms with Crippen molar-refractivity contribution in [3.8, 4) is 11.5 Å². The molecule has 114 valence electrons. The molecule has 1 N–H and O–H groups in total. The van der Waals surface area contributed by atoms with Gasteiger partial charge in [0.1, 0.15) is 11.5 Å². The molecule has 2 aromatic carbocycles. The monoisotopic (exact) mass is 289 g/mol. The lowest BCUT2D eigenvalue weighted by molar-refractivity contribution is 0.178. The van der Waals surface area contributed by atoms with Gasteiger partial charge in [-0.25, -0.2) is 0 Å². The average molecular weight is 289 g/mol. The molecule has 0 spiro atoms. The summed E-state index contributed by atoms with van der Waals surface area (Å²) in [6.45, 7) is 2.37. The van der Waals surface area contributed by atoms with Crippen LogP contribution in [0.1, 0.15) is 12.0 Å². The first-order valence-electron chi connectivity index (χ1n) is 7.11. The summed E-state index contributed by atoms with van der Waals surface area (Å²) < 4.78 is 10.4. The summed E-state index contributed by atoms with van der Waals surface area (Å²) >= 11 is 0. The number of ether oxygens (including phenoxy) is 2. The molecule has 0 bridgehead atoms. The first kappa shape index (κ1) is 15.6. The van der Waals surface area contributed by atoms with E-state index in [0.29, 0.717) is 12.3 Å². The van der Waals surface area contributed by atoms with Crippen LogP contribution >= 0.6 is 0 Å². The molecule has 0 amide bonds. The highest BCUT2D eigenvalue weighted by Crippen LogP contribution is 2.30. The van der Waals surface area contributed by atoms with Gasteiger partial charge in [0.25, 0.3) is 0 Å². The quantitative estimate of drug-likeness (QED) is 0.796. The van der Waals surface area contributed by atoms with E-state index in [1.807, 2.05) is 31.3 Å². The Kier molecular flexibility index (Phi) is 5.42. The van der Waals surface area contributed by atoms with Gasteiger partial charge < -0.3 is 19.5 Å². The molecule has 4 nitrogen and oxygen atoms in total. The number of aromatic hydroxyl groups is 1. The minimum absolute atomic E-state index is 0.328. The van der Waals surface area contributed by atoms with E-state index in [4.69, 9.17) is 9.47 Å². The standard InChI is InChI=1S/C17H23NO3/c1-18(9-4-10-20-2)12-16-15-11-14(21-3)7-5-13(15)6-8-17(16)19/h5-8,11,19H,4,9-10,12H2,1-3H3. The predicted octanol–water partition coefficient (Wildman–Crippen LogP) is 3.02. The number of benzene rings is 2. The summed E-state index contributed by atoms with van der Waals surface area (Å²) in [4.78, 5) is 2.19. The van der Waals surface area contributed by atoms with Crippen molar-refractivity contribution in [1.82, 2.24) is 4.90 Å². The summed E-state index contributed by atoms with van der Waals surface area (Å²) in [6, 6.07) is 9.62. The van der Waals surface area contributed by atoms with Crippen LogP contribution in [0.25, 0.3) is 10.8 Å². The van der Waals surface area contributed by atoms with Crippen LogP contribution in [0, 0.1) is 0 Å². The van der Waals surface area contributed by atoms with Crippen molar-refractivity contribution in [2.24, 2.45) is 0 Å². The molecule has 0 saturated carbocycles. The molecule has 21 heavy (non-hydrogen) atoms. The fourth-order valence-corrected chi connectivity index (χ4v) is 2.47. The molecule has 0 aromatic heterocycles. The Bertz CT molecular complexity index is 598. The van der Waals surface area contributed by atoms with E-state index in [2.05, 4.69) is 4.90 Å². The Morgan fingerprint density at radius 1 is 1.14 bits per heavy atom. The van der Waals surface area contributed by atoms with Crippen molar-refractivity contribution in [3.63, 3.8) is 0 Å². The van der Waals surface area contributed by atoms with E-state index in [1.54, 1.807) is 20.3 Å². The van der Waals surface area contributed by atoms with Crippen molar-refractivity contribution in [2.45, 2.75) is 13.0 Å². The fraction of sp³-hybridized carbons (Fsp3) is 0.412. The fourth-order valence-electron chi connectivity index (χ4n) is 2.47. The van der Waals surface area contributed by atoms with Crippen LogP contribution < -0.4 is 4.74 Å². The van der Waals surface area contributed by atoms with E-state index in [-0.39, 0.29) is 0 Å². The van der Waals surface area contributed by atoms with Crippen LogP contribution in [-0.2, 0) is 11.3 Å². The zero-order valence-electron chi connectivity index (χ0n) is 12.9. The smallest absolute Gasteiger partial charge is 0.120 e. The highest BCUT2D eigenvalue weighted by atomic mass is 16.5. The van der Waals surface area contributed by atoms with E-state index in [9.17, 15) is 5.11 Å². The zero-order valence-corrected chi connectivity index (χ0v) is 12.9. The molecular formula is C17H23NO3. The van der Waals surface area contributed by atoms with Gasteiger partial charge >= 0.3 is 0 Å². The lowest BCUT2D eigenvalue weighted by Gasteiger charge is -2.19. The van der Waals surface area contributed by atoms with Gasteiger partial charge in [-0.2, -0.15) is 0 Å². The molecule has 0 saturated heterocycles. The summed E-state index contributed by atoms with van der Waals surface area (Å²) in [5.74, 6) is 1.13. The number of rotatable bonds is 7. The number of methoxy groups -OCH3 is 2. The largest absolute Gasteiger partial charge is 0.508 e. The second-order valence-electron chi connectivity index (χ2n) is 5.23. The SMILES string of the molecule is COCCCN(C)Cc1c(O)ccc2ccc(OC)cc12. The maximum atomic E-state index is 10.2. The Morgan fingerprint density at radius 2 is 1.90 bits per heavy atom. The number of fused-ring (bicyclic) bond motifs is 1. The Morgan fingerprint density at radius 3 is 2.62 bits per heavy atom. The molecule has 0 fully saturated rings. The van der Waals surface area contributed by atoms with Crippen molar-refractivity contribution in [3.05, 3.63) is 35.9 Å². The zero-order chi connectivity index (χ0) is 15.2. The van der Waals surface area contributed by atoms with Gasteiger partial charge in [0.05, 0.1) is 7.11 Å². The second kappa shape index (κ2) is 7.29. The van der Waals surface area contributed by atoms with E-state index in [0.717, 1.165) is 41.7 Å². The van der Waals surface area contributed by atoms with E-state index in [1.165, 1.54) is 0 Å². The van der Waals surface area contributed by atoms with Gasteiger partial charge in [-0.1, -0.05) is 12.1 Å². The topological polar surface area (TPSA) is 41.9 Å². The molecule has 2 rings (SSSR count). The molecule has 0 aliphatic heterocycles. The highest BCUT2D eigenvalue weighted by molar-refractivity contribution is 5.88. The van der Waals surface area contributed by atoms with E-state index < -0.39 is 0 Å². The van der Waals surface area contributed by atoms with Gasteiger partial charge in [-0.3, -0.25) is 0 Å². The minimum Gasteiger partial charge on any atom is -0.508 e. The third kappa shape index (κ3) is 3.86. The van der Waals surface area contributed by atoms with Gasteiger partial charge in [0.2, 0.25) is 0 Å². The van der Waals surface area contributed by atoms with Crippen molar-refractivity contribution in [2.75, 3.05) is 34.4 Å². The molecule has 4 heteroatoms. The lowest BCUT2D eigenvalue weighted by atomic mass is 10.0. The van der Waals surface area contributed by atoms with Crippen LogP contribution in [-0.4, -0.2) is 44.4 Å². The average Bonchev–Trinajstić information content (AvgIpc) is 2.50. The molecule has 0 aliphatic carbocycles. The number of hydrogen-bond acceptors (Lipinski definition) is 4. The van der Waals surface area contributed by atoms with Gasteiger partial charge in [0.15, 0.2) is 0 Å². The number of phenols is 1. The summed E-state index contributed by atoms with van der Waals surface area (Å²) in [5, 5.41) is 12.3. The molecular weight excluding hydrogens is 266 g/mol. The number of phenolic OH excluding ortho intramolecular Hbond substituents is 1. The van der Waals surface area contributed by atoms with Crippen molar-refractivity contribution < 1.29 is 14.6 Å². The van der Waals surface area contributed by atoms with E-state index >= 15 is 0 Å². The maximum Gasteiger partial charge on any atom is 0.120 e. The van der Waals surface area contributed by atoms with Gasteiger partial charge in [-0.05, 0) is 42.4 Å². The van der Waals surface area contributed by atoms with Gasteiger partial charge in [-0.15, -0.1) is 0 Å². The first-order valence-corrected chi connectivity index (χ1v) is 7.11. The lowest BCUT2D eigenvalue weighted by Crippen LogP contribution is -2.20. The molecule has 0 radical (unpaired) electrons. The maximum absolute atomic E-state index is 10.2. The summed E-state index contributed by atoms with van der Waals surface area (Å²) in [7, 11) is 5.41. The Labute approximate surface area is 125 Å². The van der Waals surface area contributed by atoms with Crippen LogP contribution in [0.4, 0.5) is 0 Å². The third-order valence-corrected chi connectivity index (χ3v) is 3.63. The van der Waals surface area contributed by atoms with Crippen molar-refractivity contribution in [1.29, 1.82) is 0 Å². The first-order chi connectivity index (χ1) is 10.2. The van der Waals surface area contributed by atoms with Crippen LogP contribution in [0.3, 0.4) is 0 Å². The number of nitrogens with zero attached hydrogens (tertiary/aromatic N) is 1. The molecule has 0 aliphatic rings. The minimum atomic E-state index is 0.328.